The lowest BCUT2D eigenvalue weighted by Gasteiger charge is -2.22. The van der Waals surface area contributed by atoms with Crippen LogP contribution in [0.4, 0.5) is 0 Å². The van der Waals surface area contributed by atoms with Crippen LogP contribution in [0, 0.1) is 0 Å². The Hall–Kier alpha value is -1.66. The first-order valence-corrected chi connectivity index (χ1v) is 26.6. The standard InChI is InChI=1S/C54H103NO5/c1-3-5-7-9-11-13-15-23-27-30-34-38-42-46-52(57)51(50-56)55-53(58)47-43-39-35-31-28-24-21-19-17-16-18-20-22-25-29-33-37-41-45-49-60-54(59)48-44-40-36-32-26-14-12-10-8-6-4-2/h20,22,25,29,51-52,56-57H,3-19,21,23-24,26-28,30-50H2,1-2H3,(H,55,58)/b22-20-,29-25-. The molecule has 0 radical (unpaired) electrons. The number of carbonyl (C=O) groups is 2. The zero-order chi connectivity index (χ0) is 43.7. The van der Waals surface area contributed by atoms with Gasteiger partial charge >= 0.3 is 5.97 Å². The Kier molecular flexibility index (Phi) is 48.6. The number of amides is 1. The maximum Gasteiger partial charge on any atom is 0.305 e. The highest BCUT2D eigenvalue weighted by Gasteiger charge is 2.20. The van der Waals surface area contributed by atoms with Gasteiger partial charge in [-0.2, -0.15) is 0 Å². The second-order valence-electron chi connectivity index (χ2n) is 18.2. The van der Waals surface area contributed by atoms with Gasteiger partial charge in [0.1, 0.15) is 0 Å². The van der Waals surface area contributed by atoms with Crippen molar-refractivity contribution in [3.05, 3.63) is 24.3 Å². The van der Waals surface area contributed by atoms with Gasteiger partial charge in [0.2, 0.25) is 5.91 Å². The van der Waals surface area contributed by atoms with Crippen LogP contribution in [0.1, 0.15) is 284 Å². The quantitative estimate of drug-likeness (QED) is 0.0322. The van der Waals surface area contributed by atoms with E-state index in [1.807, 2.05) is 0 Å². The molecule has 6 nitrogen and oxygen atoms in total. The molecule has 1 amide bonds. The summed E-state index contributed by atoms with van der Waals surface area (Å²) >= 11 is 0. The minimum atomic E-state index is -0.669. The molecule has 0 aliphatic carbocycles. The van der Waals surface area contributed by atoms with Crippen LogP contribution >= 0.6 is 0 Å². The highest BCUT2D eigenvalue weighted by molar-refractivity contribution is 5.76. The molecular weight excluding hydrogens is 743 g/mol. The number of ether oxygens (including phenoxy) is 1. The monoisotopic (exact) mass is 846 g/mol. The number of unbranched alkanes of at least 4 members (excludes halogenated alkanes) is 35. The van der Waals surface area contributed by atoms with Crippen LogP contribution in [0.25, 0.3) is 0 Å². The van der Waals surface area contributed by atoms with E-state index in [4.69, 9.17) is 4.74 Å². The van der Waals surface area contributed by atoms with Crippen molar-refractivity contribution in [3.63, 3.8) is 0 Å². The van der Waals surface area contributed by atoms with Crippen molar-refractivity contribution in [2.45, 2.75) is 296 Å². The van der Waals surface area contributed by atoms with Crippen molar-refractivity contribution < 1.29 is 24.5 Å². The number of aliphatic hydroxyl groups is 2. The van der Waals surface area contributed by atoms with Gasteiger partial charge in [-0.1, -0.05) is 237 Å². The number of carbonyl (C=O) groups excluding carboxylic acids is 2. The van der Waals surface area contributed by atoms with Crippen LogP contribution in [0.15, 0.2) is 24.3 Å². The molecule has 0 fully saturated rings. The van der Waals surface area contributed by atoms with Crippen LogP contribution in [0.5, 0.6) is 0 Å². The molecule has 0 heterocycles. The molecule has 2 unspecified atom stereocenters. The van der Waals surface area contributed by atoms with Crippen LogP contribution in [-0.2, 0) is 14.3 Å². The Bertz CT molecular complexity index is 935. The number of esters is 1. The second-order valence-corrected chi connectivity index (χ2v) is 18.2. The number of rotatable bonds is 49. The van der Waals surface area contributed by atoms with Gasteiger partial charge < -0.3 is 20.3 Å². The fourth-order valence-corrected chi connectivity index (χ4v) is 8.16. The van der Waals surface area contributed by atoms with Crippen LogP contribution in [-0.4, -0.2) is 47.4 Å². The second kappa shape index (κ2) is 50.0. The van der Waals surface area contributed by atoms with E-state index in [9.17, 15) is 19.8 Å². The number of hydrogen-bond acceptors (Lipinski definition) is 5. The van der Waals surface area contributed by atoms with Crippen molar-refractivity contribution >= 4 is 11.9 Å². The van der Waals surface area contributed by atoms with Crippen molar-refractivity contribution in [1.82, 2.24) is 5.32 Å². The normalized spacial score (nSPS) is 12.8. The van der Waals surface area contributed by atoms with Crippen LogP contribution in [0.2, 0.25) is 0 Å². The van der Waals surface area contributed by atoms with E-state index in [-0.39, 0.29) is 18.5 Å². The van der Waals surface area contributed by atoms with Gasteiger partial charge in [-0.15, -0.1) is 0 Å². The minimum Gasteiger partial charge on any atom is -0.466 e. The molecule has 0 aliphatic rings. The Balaban J connectivity index is 3.48. The summed E-state index contributed by atoms with van der Waals surface area (Å²) < 4.78 is 5.43. The largest absolute Gasteiger partial charge is 0.466 e. The van der Waals surface area contributed by atoms with Crippen molar-refractivity contribution in [1.29, 1.82) is 0 Å². The average molecular weight is 846 g/mol. The Morgan fingerprint density at radius 3 is 1.23 bits per heavy atom. The van der Waals surface area contributed by atoms with Gasteiger partial charge in [0.25, 0.3) is 0 Å². The lowest BCUT2D eigenvalue weighted by atomic mass is 10.0. The summed E-state index contributed by atoms with van der Waals surface area (Å²) in [6, 6.07) is -0.548. The van der Waals surface area contributed by atoms with Gasteiger partial charge in [-0.3, -0.25) is 9.59 Å². The third-order valence-corrected chi connectivity index (χ3v) is 12.3. The highest BCUT2D eigenvalue weighted by atomic mass is 16.5. The maximum absolute atomic E-state index is 12.4. The summed E-state index contributed by atoms with van der Waals surface area (Å²) in [4.78, 5) is 24.4. The first kappa shape index (κ1) is 58.3. The number of nitrogens with one attached hydrogen (secondary N) is 1. The zero-order valence-electron chi connectivity index (χ0n) is 40.2. The molecular formula is C54H103NO5. The molecule has 2 atom stereocenters. The molecule has 0 bridgehead atoms. The van der Waals surface area contributed by atoms with Gasteiger partial charge in [-0.05, 0) is 57.8 Å². The lowest BCUT2D eigenvalue weighted by molar-refractivity contribution is -0.143. The smallest absolute Gasteiger partial charge is 0.305 e. The topological polar surface area (TPSA) is 95.9 Å². The van der Waals surface area contributed by atoms with Gasteiger partial charge in [0.05, 0.1) is 25.4 Å². The number of hydrogen-bond donors (Lipinski definition) is 3. The van der Waals surface area contributed by atoms with Gasteiger partial charge in [0.15, 0.2) is 0 Å². The summed E-state index contributed by atoms with van der Waals surface area (Å²) in [5, 5.41) is 23.2. The summed E-state index contributed by atoms with van der Waals surface area (Å²) in [6.45, 7) is 4.90. The van der Waals surface area contributed by atoms with Crippen LogP contribution < -0.4 is 5.32 Å². The van der Waals surface area contributed by atoms with E-state index in [1.54, 1.807) is 0 Å². The molecule has 6 heteroatoms. The molecule has 0 rings (SSSR count). The molecule has 0 aromatic heterocycles. The first-order valence-electron chi connectivity index (χ1n) is 26.6. The highest BCUT2D eigenvalue weighted by Crippen LogP contribution is 2.16. The summed E-state index contributed by atoms with van der Waals surface area (Å²) in [5.41, 5.74) is 0. The third kappa shape index (κ3) is 45.9. The SMILES string of the molecule is CCCCCCCCCCCCCCCC(O)C(CO)NC(=O)CCCCCCCCCCCC/C=C\C=C/CCCCCOC(=O)CCCCCCCCCCCCC. The number of allylic oxidation sites excluding steroid dienone is 4. The Labute approximate surface area is 373 Å². The van der Waals surface area contributed by atoms with Crippen LogP contribution in [0.3, 0.4) is 0 Å². The predicted octanol–water partition coefficient (Wildman–Crippen LogP) is 15.9. The van der Waals surface area contributed by atoms with Gasteiger partial charge in [0, 0.05) is 12.8 Å². The zero-order valence-corrected chi connectivity index (χ0v) is 40.2. The van der Waals surface area contributed by atoms with E-state index in [0.717, 1.165) is 70.6 Å². The van der Waals surface area contributed by atoms with E-state index >= 15 is 0 Å². The van der Waals surface area contributed by atoms with Gasteiger partial charge in [-0.25, -0.2) is 0 Å². The predicted molar refractivity (Wildman–Crippen MR) is 260 cm³/mol. The summed E-state index contributed by atoms with van der Waals surface area (Å²) in [7, 11) is 0. The molecule has 0 aliphatic heterocycles. The lowest BCUT2D eigenvalue weighted by Crippen LogP contribution is -2.45. The van der Waals surface area contributed by atoms with Crippen molar-refractivity contribution in [2.75, 3.05) is 13.2 Å². The van der Waals surface area contributed by atoms with E-state index in [0.29, 0.717) is 25.9 Å². The molecule has 60 heavy (non-hydrogen) atoms. The molecule has 0 saturated heterocycles. The Morgan fingerprint density at radius 1 is 0.467 bits per heavy atom. The van der Waals surface area contributed by atoms with Crippen molar-refractivity contribution in [2.24, 2.45) is 0 Å². The first-order chi connectivity index (χ1) is 29.5. The molecule has 0 aromatic carbocycles. The average Bonchev–Trinajstić information content (AvgIpc) is 3.25. The molecule has 354 valence electrons. The van der Waals surface area contributed by atoms with E-state index in [1.165, 1.54) is 180 Å². The maximum atomic E-state index is 12.4. The minimum absolute atomic E-state index is 0.0138. The molecule has 3 N–H and O–H groups in total. The fourth-order valence-electron chi connectivity index (χ4n) is 8.16. The number of aliphatic hydroxyl groups excluding tert-OH is 2. The Morgan fingerprint density at radius 2 is 0.817 bits per heavy atom. The molecule has 0 spiro atoms. The molecule has 0 aromatic rings. The molecule has 0 saturated carbocycles. The fraction of sp³-hybridized carbons (Fsp3) is 0.889. The van der Waals surface area contributed by atoms with E-state index in [2.05, 4.69) is 43.5 Å². The van der Waals surface area contributed by atoms with E-state index < -0.39 is 12.1 Å². The summed E-state index contributed by atoms with van der Waals surface area (Å²) in [6.07, 6.45) is 58.7. The summed E-state index contributed by atoms with van der Waals surface area (Å²) in [5.74, 6) is -0.0586. The third-order valence-electron chi connectivity index (χ3n) is 12.3. The van der Waals surface area contributed by atoms with Crippen molar-refractivity contribution in [3.8, 4) is 0 Å².